The Kier molecular flexibility index (Phi) is 7.34. The van der Waals surface area contributed by atoms with E-state index in [4.69, 9.17) is 4.74 Å². The summed E-state index contributed by atoms with van der Waals surface area (Å²) in [6.07, 6.45) is 11.7. The zero-order valence-electron chi connectivity index (χ0n) is 13.6. The van der Waals surface area contributed by atoms with Gasteiger partial charge in [-0.1, -0.05) is 32.1 Å². The molecular formula is C17H32N2O2. The first kappa shape index (κ1) is 16.6. The number of nitrogens with one attached hydrogen (secondary N) is 1. The van der Waals surface area contributed by atoms with Crippen molar-refractivity contribution in [3.8, 4) is 0 Å². The molecule has 122 valence electrons. The fraction of sp³-hybridized carbons (Fsp3) is 0.941. The number of hydrogen-bond acceptors (Lipinski definition) is 2. The Bertz CT molecular complexity index is 299. The third kappa shape index (κ3) is 5.85. The average molecular weight is 296 g/mol. The van der Waals surface area contributed by atoms with E-state index in [0.717, 1.165) is 39.1 Å². The largest absolute Gasteiger partial charge is 0.377 e. The lowest BCUT2D eigenvalue weighted by atomic mass is 9.91. The molecule has 1 atom stereocenters. The van der Waals surface area contributed by atoms with Crippen LogP contribution in [0.1, 0.15) is 64.7 Å². The smallest absolute Gasteiger partial charge is 0.317 e. The normalized spacial score (nSPS) is 25.2. The molecule has 2 fully saturated rings. The van der Waals surface area contributed by atoms with Gasteiger partial charge in [-0.3, -0.25) is 0 Å². The van der Waals surface area contributed by atoms with Crippen LogP contribution >= 0.6 is 0 Å². The van der Waals surface area contributed by atoms with Crippen LogP contribution in [0.3, 0.4) is 0 Å². The molecule has 4 nitrogen and oxygen atoms in total. The van der Waals surface area contributed by atoms with Gasteiger partial charge in [0.1, 0.15) is 0 Å². The number of piperidine rings is 1. The number of urea groups is 1. The van der Waals surface area contributed by atoms with E-state index in [9.17, 15) is 4.79 Å². The molecule has 1 aliphatic heterocycles. The predicted molar refractivity (Wildman–Crippen MR) is 85.4 cm³/mol. The summed E-state index contributed by atoms with van der Waals surface area (Å²) in [6.45, 7) is 5.24. The van der Waals surface area contributed by atoms with Gasteiger partial charge in [-0.05, 0) is 38.5 Å². The van der Waals surface area contributed by atoms with Crippen molar-refractivity contribution in [3.05, 3.63) is 0 Å². The van der Waals surface area contributed by atoms with Crippen molar-refractivity contribution in [2.24, 2.45) is 5.92 Å². The molecule has 1 N–H and O–H groups in total. The van der Waals surface area contributed by atoms with Crippen LogP contribution in [0.2, 0.25) is 0 Å². The van der Waals surface area contributed by atoms with E-state index < -0.39 is 0 Å². The predicted octanol–water partition coefficient (Wildman–Crippen LogP) is 3.56. The van der Waals surface area contributed by atoms with Crippen molar-refractivity contribution >= 4 is 6.03 Å². The summed E-state index contributed by atoms with van der Waals surface area (Å²) in [5.41, 5.74) is 0. The molecule has 2 aliphatic rings. The van der Waals surface area contributed by atoms with Crippen LogP contribution < -0.4 is 5.32 Å². The van der Waals surface area contributed by atoms with Crippen molar-refractivity contribution in [2.75, 3.05) is 26.2 Å². The van der Waals surface area contributed by atoms with Crippen molar-refractivity contribution in [1.82, 2.24) is 10.2 Å². The van der Waals surface area contributed by atoms with Crippen LogP contribution in [0.5, 0.6) is 0 Å². The molecule has 0 radical (unpaired) electrons. The highest BCUT2D eigenvalue weighted by Crippen LogP contribution is 2.21. The highest BCUT2D eigenvalue weighted by Gasteiger charge is 2.24. The Labute approximate surface area is 129 Å². The number of carbonyl (C=O) groups is 1. The second-order valence-electron chi connectivity index (χ2n) is 6.56. The number of carbonyl (C=O) groups excluding carboxylic acids is 1. The molecule has 1 saturated carbocycles. The van der Waals surface area contributed by atoms with Crippen LogP contribution in [0.4, 0.5) is 4.79 Å². The Morgan fingerprint density at radius 2 is 1.81 bits per heavy atom. The third-order valence-electron chi connectivity index (χ3n) is 4.83. The molecule has 1 heterocycles. The third-order valence-corrected chi connectivity index (χ3v) is 4.83. The zero-order valence-corrected chi connectivity index (χ0v) is 13.6. The van der Waals surface area contributed by atoms with Crippen LogP contribution in [0.15, 0.2) is 0 Å². The lowest BCUT2D eigenvalue weighted by molar-refractivity contribution is 0.0163. The molecule has 4 heteroatoms. The molecule has 0 aromatic heterocycles. The molecule has 0 aromatic rings. The summed E-state index contributed by atoms with van der Waals surface area (Å²) in [4.78, 5) is 14.2. The van der Waals surface area contributed by atoms with Crippen LogP contribution in [-0.2, 0) is 4.74 Å². The lowest BCUT2D eigenvalue weighted by Gasteiger charge is -2.33. The summed E-state index contributed by atoms with van der Waals surface area (Å²) in [7, 11) is 0. The first-order valence-corrected chi connectivity index (χ1v) is 8.94. The molecular weight excluding hydrogens is 264 g/mol. The van der Waals surface area contributed by atoms with Gasteiger partial charge >= 0.3 is 6.03 Å². The Hall–Kier alpha value is -0.770. The standard InChI is InChI=1S/C17H32N2O2/c1-2-21-16-11-8-12-19(14-16)17(20)18-13-15-9-6-4-3-5-7-10-15/h15-16H,2-14H2,1H3,(H,18,20)/t16-/m0/s1. The average Bonchev–Trinajstić information content (AvgIpc) is 2.46. The quantitative estimate of drug-likeness (QED) is 0.862. The number of nitrogens with zero attached hydrogens (tertiary/aromatic N) is 1. The van der Waals surface area contributed by atoms with Gasteiger partial charge in [0, 0.05) is 26.2 Å². The van der Waals surface area contributed by atoms with Crippen molar-refractivity contribution in [3.63, 3.8) is 0 Å². The van der Waals surface area contributed by atoms with Crippen molar-refractivity contribution < 1.29 is 9.53 Å². The molecule has 21 heavy (non-hydrogen) atoms. The van der Waals surface area contributed by atoms with Crippen LogP contribution in [-0.4, -0.2) is 43.3 Å². The minimum absolute atomic E-state index is 0.112. The molecule has 0 unspecified atom stereocenters. The van der Waals surface area contributed by atoms with E-state index in [1.807, 2.05) is 11.8 Å². The molecule has 1 aliphatic carbocycles. The maximum atomic E-state index is 12.3. The highest BCUT2D eigenvalue weighted by atomic mass is 16.5. The number of amides is 2. The van der Waals surface area contributed by atoms with Crippen molar-refractivity contribution in [2.45, 2.75) is 70.8 Å². The van der Waals surface area contributed by atoms with Gasteiger partial charge in [-0.15, -0.1) is 0 Å². The van der Waals surface area contributed by atoms with Gasteiger partial charge < -0.3 is 15.0 Å². The van der Waals surface area contributed by atoms with Gasteiger partial charge in [0.25, 0.3) is 0 Å². The maximum Gasteiger partial charge on any atom is 0.317 e. The van der Waals surface area contributed by atoms with E-state index in [0.29, 0.717) is 5.92 Å². The van der Waals surface area contributed by atoms with E-state index >= 15 is 0 Å². The second kappa shape index (κ2) is 9.29. The number of hydrogen-bond donors (Lipinski definition) is 1. The van der Waals surface area contributed by atoms with Crippen LogP contribution in [0.25, 0.3) is 0 Å². The molecule has 2 amide bonds. The first-order chi connectivity index (χ1) is 10.3. The minimum atomic E-state index is 0.112. The monoisotopic (exact) mass is 296 g/mol. The second-order valence-corrected chi connectivity index (χ2v) is 6.56. The molecule has 0 bridgehead atoms. The lowest BCUT2D eigenvalue weighted by Crippen LogP contribution is -2.48. The highest BCUT2D eigenvalue weighted by molar-refractivity contribution is 5.74. The van der Waals surface area contributed by atoms with E-state index in [2.05, 4.69) is 5.32 Å². The van der Waals surface area contributed by atoms with E-state index in [1.165, 1.54) is 44.9 Å². The van der Waals surface area contributed by atoms with Gasteiger partial charge in [-0.2, -0.15) is 0 Å². The van der Waals surface area contributed by atoms with Gasteiger partial charge in [0.05, 0.1) is 6.10 Å². The fourth-order valence-corrected chi connectivity index (χ4v) is 3.58. The number of rotatable bonds is 4. The maximum absolute atomic E-state index is 12.3. The first-order valence-electron chi connectivity index (χ1n) is 8.94. The van der Waals surface area contributed by atoms with E-state index in [-0.39, 0.29) is 12.1 Å². The van der Waals surface area contributed by atoms with E-state index in [1.54, 1.807) is 0 Å². The summed E-state index contributed by atoms with van der Waals surface area (Å²) in [6, 6.07) is 0.112. The minimum Gasteiger partial charge on any atom is -0.377 e. The van der Waals surface area contributed by atoms with Crippen molar-refractivity contribution in [1.29, 1.82) is 0 Å². The number of ether oxygens (including phenoxy) is 1. The van der Waals surface area contributed by atoms with Gasteiger partial charge in [-0.25, -0.2) is 4.79 Å². The fourth-order valence-electron chi connectivity index (χ4n) is 3.58. The van der Waals surface area contributed by atoms with Crippen LogP contribution in [0, 0.1) is 5.92 Å². The molecule has 0 spiro atoms. The summed E-state index contributed by atoms with van der Waals surface area (Å²) >= 11 is 0. The Morgan fingerprint density at radius 1 is 1.10 bits per heavy atom. The summed E-state index contributed by atoms with van der Waals surface area (Å²) in [5, 5.41) is 3.16. The molecule has 0 aromatic carbocycles. The Morgan fingerprint density at radius 3 is 2.52 bits per heavy atom. The Balaban J connectivity index is 1.70. The topological polar surface area (TPSA) is 41.6 Å². The SMILES string of the molecule is CCO[C@H]1CCCN(C(=O)NCC2CCCCCCC2)C1. The zero-order chi connectivity index (χ0) is 14.9. The van der Waals surface area contributed by atoms with Gasteiger partial charge in [0.2, 0.25) is 0 Å². The molecule has 1 saturated heterocycles. The summed E-state index contributed by atoms with van der Waals surface area (Å²) < 4.78 is 5.67. The summed E-state index contributed by atoms with van der Waals surface area (Å²) in [5.74, 6) is 0.682. The van der Waals surface area contributed by atoms with Gasteiger partial charge in [0.15, 0.2) is 0 Å². The number of likely N-dealkylation sites (tertiary alicyclic amines) is 1. The molecule has 2 rings (SSSR count).